The minimum absolute atomic E-state index is 0.279. The molecule has 0 unspecified atom stereocenters. The van der Waals surface area contributed by atoms with Gasteiger partial charge in [0.25, 0.3) is 0 Å². The Kier molecular flexibility index (Phi) is 4.86. The van der Waals surface area contributed by atoms with Gasteiger partial charge in [0.2, 0.25) is 0 Å². The Morgan fingerprint density at radius 2 is 1.92 bits per heavy atom. The quantitative estimate of drug-likeness (QED) is 0.607. The molecule has 0 aliphatic heterocycles. The van der Waals surface area contributed by atoms with Crippen LogP contribution in [0.4, 0.5) is 0 Å². The summed E-state index contributed by atoms with van der Waals surface area (Å²) in [4.78, 5) is 12.1. The second-order valence-corrected chi connectivity index (χ2v) is 6.97. The van der Waals surface area contributed by atoms with Crippen LogP contribution in [0.2, 0.25) is 0 Å². The van der Waals surface area contributed by atoms with E-state index < -0.39 is 0 Å². The van der Waals surface area contributed by atoms with Gasteiger partial charge in [-0.3, -0.25) is 0 Å². The lowest BCUT2D eigenvalue weighted by atomic mass is 10.2. The van der Waals surface area contributed by atoms with E-state index in [4.69, 9.17) is 4.74 Å². The number of tetrazole rings is 1. The molecule has 0 fully saturated rings. The minimum Gasteiger partial charge on any atom is -0.488 e. The Hall–Kier alpha value is -1.93. The third-order valence-electron chi connectivity index (χ3n) is 3.50. The van der Waals surface area contributed by atoms with Crippen molar-refractivity contribution in [3.8, 4) is 11.4 Å². The molecule has 0 saturated carbocycles. The molecule has 0 atom stereocenters. The molecule has 0 saturated heterocycles. The van der Waals surface area contributed by atoms with Gasteiger partial charge in [0.05, 0.1) is 10.2 Å². The first-order valence-corrected chi connectivity index (χ1v) is 8.71. The summed E-state index contributed by atoms with van der Waals surface area (Å²) >= 11 is 7.02. The van der Waals surface area contributed by atoms with Crippen LogP contribution in [0.3, 0.4) is 0 Å². The Labute approximate surface area is 155 Å². The zero-order valence-electron chi connectivity index (χ0n) is 13.0. The summed E-state index contributed by atoms with van der Waals surface area (Å²) in [5.41, 5.74) is 2.27. The predicted molar refractivity (Wildman–Crippen MR) is 97.5 cm³/mol. The van der Waals surface area contributed by atoms with E-state index in [1.807, 2.05) is 43.3 Å². The maximum absolute atomic E-state index is 12.1. The van der Waals surface area contributed by atoms with Gasteiger partial charge in [-0.1, -0.05) is 28.1 Å². The van der Waals surface area contributed by atoms with Gasteiger partial charge in [0.1, 0.15) is 12.4 Å². The number of hydrogen-bond donors (Lipinski definition) is 0. The molecular weight excluding hydrogens is 440 g/mol. The van der Waals surface area contributed by atoms with E-state index in [9.17, 15) is 4.79 Å². The fourth-order valence-corrected chi connectivity index (χ4v) is 3.30. The van der Waals surface area contributed by atoms with Gasteiger partial charge in [0.15, 0.2) is 0 Å². The number of rotatable bonds is 4. The van der Waals surface area contributed by atoms with Gasteiger partial charge in [-0.2, -0.15) is 9.36 Å². The van der Waals surface area contributed by atoms with Crippen molar-refractivity contribution >= 4 is 31.9 Å². The van der Waals surface area contributed by atoms with Crippen LogP contribution in [0, 0.1) is 6.92 Å². The molecule has 0 bridgehead atoms. The second-order valence-electron chi connectivity index (χ2n) is 5.26. The lowest BCUT2D eigenvalue weighted by molar-refractivity contribution is 0.303. The van der Waals surface area contributed by atoms with Gasteiger partial charge < -0.3 is 4.74 Å². The van der Waals surface area contributed by atoms with E-state index in [0.29, 0.717) is 5.69 Å². The van der Waals surface area contributed by atoms with Crippen LogP contribution in [0.1, 0.15) is 11.1 Å². The van der Waals surface area contributed by atoms with Crippen molar-refractivity contribution in [2.24, 2.45) is 7.05 Å². The first-order chi connectivity index (χ1) is 11.5. The summed E-state index contributed by atoms with van der Waals surface area (Å²) in [5, 5.41) is 7.66. The molecule has 0 amide bonds. The monoisotopic (exact) mass is 452 g/mol. The van der Waals surface area contributed by atoms with Crippen LogP contribution in [0.15, 0.2) is 50.1 Å². The van der Waals surface area contributed by atoms with Gasteiger partial charge in [-0.15, -0.1) is 0 Å². The number of hydrogen-bond acceptors (Lipinski definition) is 4. The number of aryl methyl sites for hydroxylation is 2. The molecule has 3 rings (SSSR count). The zero-order chi connectivity index (χ0) is 17.3. The number of aromatic nitrogens is 4. The topological polar surface area (TPSA) is 61.9 Å². The molecular formula is C16H14Br2N4O2. The second kappa shape index (κ2) is 6.90. The maximum atomic E-state index is 12.1. The first kappa shape index (κ1) is 16.9. The van der Waals surface area contributed by atoms with E-state index >= 15 is 0 Å². The fourth-order valence-electron chi connectivity index (χ4n) is 2.23. The highest BCUT2D eigenvalue weighted by molar-refractivity contribution is 9.10. The molecule has 6 nitrogen and oxygen atoms in total. The highest BCUT2D eigenvalue weighted by Crippen LogP contribution is 2.29. The van der Waals surface area contributed by atoms with Gasteiger partial charge in [-0.05, 0) is 63.1 Å². The lowest BCUT2D eigenvalue weighted by Crippen LogP contribution is -2.23. The van der Waals surface area contributed by atoms with Crippen LogP contribution in [0.25, 0.3) is 5.69 Å². The third kappa shape index (κ3) is 3.29. The highest BCUT2D eigenvalue weighted by atomic mass is 79.9. The zero-order valence-corrected chi connectivity index (χ0v) is 16.2. The van der Waals surface area contributed by atoms with E-state index in [0.717, 1.165) is 25.8 Å². The van der Waals surface area contributed by atoms with Crippen LogP contribution in [-0.2, 0) is 13.7 Å². The van der Waals surface area contributed by atoms with E-state index in [-0.39, 0.29) is 12.3 Å². The average Bonchev–Trinajstić information content (AvgIpc) is 2.87. The smallest absolute Gasteiger partial charge is 0.368 e. The van der Waals surface area contributed by atoms with E-state index in [1.54, 1.807) is 7.05 Å². The normalized spacial score (nSPS) is 10.8. The SMILES string of the molecule is Cc1ccc(OCc2c(Br)cccc2-n2nnn(C)c2=O)c(Br)c1. The van der Waals surface area contributed by atoms with Crippen molar-refractivity contribution in [3.05, 3.63) is 67.0 Å². The van der Waals surface area contributed by atoms with Crippen LogP contribution in [0.5, 0.6) is 5.75 Å². The number of nitrogens with zero attached hydrogens (tertiary/aromatic N) is 4. The van der Waals surface area contributed by atoms with Crippen molar-refractivity contribution in [1.82, 2.24) is 19.8 Å². The van der Waals surface area contributed by atoms with Gasteiger partial charge in [0, 0.05) is 17.1 Å². The molecule has 2 aromatic carbocycles. The molecule has 124 valence electrons. The number of benzene rings is 2. The molecule has 0 aliphatic rings. The van der Waals surface area contributed by atoms with Crippen LogP contribution >= 0.6 is 31.9 Å². The first-order valence-electron chi connectivity index (χ1n) is 7.13. The van der Waals surface area contributed by atoms with Gasteiger partial charge >= 0.3 is 5.69 Å². The molecule has 24 heavy (non-hydrogen) atoms. The van der Waals surface area contributed by atoms with Crippen molar-refractivity contribution in [2.75, 3.05) is 0 Å². The molecule has 0 spiro atoms. The molecule has 1 aromatic heterocycles. The molecule has 0 aliphatic carbocycles. The van der Waals surface area contributed by atoms with E-state index in [1.165, 1.54) is 9.36 Å². The maximum Gasteiger partial charge on any atom is 0.368 e. The average molecular weight is 454 g/mol. The summed E-state index contributed by atoms with van der Waals surface area (Å²) in [7, 11) is 1.56. The fraction of sp³-hybridized carbons (Fsp3) is 0.188. The minimum atomic E-state index is -0.314. The van der Waals surface area contributed by atoms with Crippen LogP contribution < -0.4 is 10.4 Å². The largest absolute Gasteiger partial charge is 0.488 e. The third-order valence-corrected chi connectivity index (χ3v) is 4.87. The van der Waals surface area contributed by atoms with Crippen molar-refractivity contribution in [2.45, 2.75) is 13.5 Å². The summed E-state index contributed by atoms with van der Waals surface area (Å²) in [6.07, 6.45) is 0. The summed E-state index contributed by atoms with van der Waals surface area (Å²) < 4.78 is 10.1. The molecule has 1 heterocycles. The Morgan fingerprint density at radius 1 is 1.12 bits per heavy atom. The number of halogens is 2. The molecule has 8 heteroatoms. The summed E-state index contributed by atoms with van der Waals surface area (Å²) in [6, 6.07) is 11.4. The van der Waals surface area contributed by atoms with Crippen molar-refractivity contribution < 1.29 is 4.74 Å². The van der Waals surface area contributed by atoms with Crippen LogP contribution in [-0.4, -0.2) is 19.8 Å². The Bertz CT molecular complexity index is 949. The predicted octanol–water partition coefficient (Wildman–Crippen LogP) is 3.38. The molecule has 3 aromatic rings. The summed E-state index contributed by atoms with van der Waals surface area (Å²) in [6.45, 7) is 2.29. The Balaban J connectivity index is 1.96. The van der Waals surface area contributed by atoms with Crippen molar-refractivity contribution in [3.63, 3.8) is 0 Å². The number of ether oxygens (including phenoxy) is 1. The Morgan fingerprint density at radius 3 is 2.58 bits per heavy atom. The standard InChI is InChI=1S/C16H14Br2N4O2/c1-10-6-7-15(13(18)8-10)24-9-11-12(17)4-3-5-14(11)22-16(23)21(2)19-20-22/h3-8H,9H2,1-2H3. The van der Waals surface area contributed by atoms with E-state index in [2.05, 4.69) is 42.3 Å². The molecule has 0 N–H and O–H groups in total. The molecule has 0 radical (unpaired) electrons. The summed E-state index contributed by atoms with van der Waals surface area (Å²) in [5.74, 6) is 0.730. The van der Waals surface area contributed by atoms with Gasteiger partial charge in [-0.25, -0.2) is 4.79 Å². The lowest BCUT2D eigenvalue weighted by Gasteiger charge is -2.13. The van der Waals surface area contributed by atoms with Crippen molar-refractivity contribution in [1.29, 1.82) is 0 Å². The highest BCUT2D eigenvalue weighted by Gasteiger charge is 2.14.